The third-order valence-electron chi connectivity index (χ3n) is 17.3. The molecule has 0 amide bonds. The Morgan fingerprint density at radius 1 is 0.277 bits per heavy atom. The van der Waals surface area contributed by atoms with Gasteiger partial charge in [0.05, 0.1) is 49.4 Å². The maximum absolute atomic E-state index is 14.6. The number of hydrogen-bond donors (Lipinski definition) is 16. The quantitative estimate of drug-likeness (QED) is 0.102. The van der Waals surface area contributed by atoms with Crippen LogP contribution >= 0.6 is 0 Å². The molecule has 31 aliphatic rings. The molecule has 22 fully saturated rings. The molecule has 0 aromatic heterocycles. The minimum atomic E-state index is -5.38. The number of ketones is 2. The van der Waals surface area contributed by atoms with Crippen LogP contribution in [-0.2, 0) is 85.4 Å². The standard InChI is InChI=1S/C56H70O36S2/c57-13-25-43-33(65)37(69)53(79-25)87-47-29(17-61)83-55-49(41(47)73)91-93(75,76)23-5-1-3-21(11-23)31(63)19-7-9-20(10-8-19)32(64)22-4-2-6-24(12-22)94(77,78)92-50-42(74)48(30(18-62)84-56(50)90-46-28(16-60)82-52(86-43)40(72)36(46)68)88-54-38(70)34(66)44(26(14-58)80-54)85-51-39(71)35(67)45(89-55)27(15-59)81-51/h1-12,25-30,33-62,65-74H,13-18H2/t25-,26-,27-,28-,29-,30?,33-,34-,35-,36-,37-,38-,39-,40-,41-,42-,43-,44-,45-,46-,47-,48?,49-,50-,51-,52-,53-,54-,55-,56?/m1/s1. The molecule has 0 spiro atoms. The summed E-state index contributed by atoms with van der Waals surface area (Å²) in [6, 6.07) is 12.9. The van der Waals surface area contributed by atoms with Crippen molar-refractivity contribution in [2.45, 2.75) is 194 Å². The molecule has 0 saturated carbocycles. The number of aliphatic hydroxyl groups excluding tert-OH is 16. The highest BCUT2D eigenvalue weighted by atomic mass is 32.2. The zero-order valence-corrected chi connectivity index (χ0v) is 50.3. The van der Waals surface area contributed by atoms with Crippen molar-refractivity contribution in [2.24, 2.45) is 0 Å². The average molecular weight is 1380 g/mol. The van der Waals surface area contributed by atoms with Gasteiger partial charge in [0.15, 0.2) is 61.5 Å². The zero-order chi connectivity index (χ0) is 67.6. The number of hydrogen-bond acceptors (Lipinski definition) is 36. The van der Waals surface area contributed by atoms with Gasteiger partial charge in [0.2, 0.25) is 0 Å². The first kappa shape index (κ1) is 71.0. The molecule has 522 valence electrons. The van der Waals surface area contributed by atoms with Gasteiger partial charge in [0.1, 0.15) is 134 Å². The summed E-state index contributed by atoms with van der Waals surface area (Å²) in [6.07, 6.45) is -67.0. The van der Waals surface area contributed by atoms with E-state index in [9.17, 15) is 108 Å². The topological polar surface area (TPSA) is 555 Å². The largest absolute Gasteiger partial charge is 0.394 e. The van der Waals surface area contributed by atoms with Crippen molar-refractivity contribution in [3.8, 4) is 0 Å². The van der Waals surface area contributed by atoms with Gasteiger partial charge in [0.25, 0.3) is 20.2 Å². The lowest BCUT2D eigenvalue weighted by atomic mass is 9.94. The van der Waals surface area contributed by atoms with E-state index in [4.69, 9.17) is 65.2 Å². The fourth-order valence-corrected chi connectivity index (χ4v) is 14.5. The van der Waals surface area contributed by atoms with Gasteiger partial charge < -0.3 is 139 Å². The summed E-state index contributed by atoms with van der Waals surface area (Å²) >= 11 is 0. The van der Waals surface area contributed by atoms with Gasteiger partial charge in [-0.15, -0.1) is 0 Å². The van der Waals surface area contributed by atoms with Crippen molar-refractivity contribution in [1.82, 2.24) is 0 Å². The normalized spacial score (nSPS) is 44.4. The maximum atomic E-state index is 14.6. The minimum absolute atomic E-state index is 0.144. The molecule has 38 heteroatoms. The Hall–Kier alpha value is -4.30. The number of benzene rings is 3. The van der Waals surface area contributed by atoms with E-state index in [0.29, 0.717) is 0 Å². The van der Waals surface area contributed by atoms with Gasteiger partial charge in [-0.25, -0.2) is 0 Å². The molecule has 0 aliphatic carbocycles. The first-order chi connectivity index (χ1) is 44.8. The van der Waals surface area contributed by atoms with Crippen LogP contribution in [0.25, 0.3) is 0 Å². The summed E-state index contributed by atoms with van der Waals surface area (Å²) in [5, 5.41) is 183. The molecule has 94 heavy (non-hydrogen) atoms. The van der Waals surface area contributed by atoms with Crippen LogP contribution in [0.2, 0.25) is 0 Å². The minimum Gasteiger partial charge on any atom is -0.394 e. The second-order valence-electron chi connectivity index (χ2n) is 23.2. The van der Waals surface area contributed by atoms with Crippen LogP contribution in [0.4, 0.5) is 0 Å². The van der Waals surface area contributed by atoms with E-state index in [-0.39, 0.29) is 22.3 Å². The summed E-state index contributed by atoms with van der Waals surface area (Å²) in [6.45, 7) is -7.14. The van der Waals surface area contributed by atoms with Crippen molar-refractivity contribution in [3.05, 3.63) is 95.1 Å². The summed E-state index contributed by atoms with van der Waals surface area (Å²) in [7, 11) is -10.8. The van der Waals surface area contributed by atoms with E-state index < -0.39 is 265 Å². The molecule has 30 atom stereocenters. The highest BCUT2D eigenvalue weighted by Gasteiger charge is 2.60. The predicted molar refractivity (Wildman–Crippen MR) is 294 cm³/mol. The molecule has 16 N–H and O–H groups in total. The molecular formula is C56H70O36S2. The van der Waals surface area contributed by atoms with E-state index in [1.54, 1.807) is 0 Å². The van der Waals surface area contributed by atoms with Crippen molar-refractivity contribution in [2.75, 3.05) is 39.6 Å². The lowest BCUT2D eigenvalue weighted by Gasteiger charge is -2.51. The molecule has 0 radical (unpaired) electrons. The highest BCUT2D eigenvalue weighted by molar-refractivity contribution is 7.87. The fraction of sp³-hybridized carbons (Fsp3) is 0.643. The van der Waals surface area contributed by atoms with E-state index in [1.807, 2.05) is 0 Å². The molecule has 3 aromatic rings. The van der Waals surface area contributed by atoms with Crippen LogP contribution in [0.5, 0.6) is 0 Å². The third kappa shape index (κ3) is 13.7. The molecule has 3 aromatic carbocycles. The lowest BCUT2D eigenvalue weighted by molar-refractivity contribution is -0.402. The first-order valence-electron chi connectivity index (χ1n) is 29.3. The van der Waals surface area contributed by atoms with Crippen molar-refractivity contribution < 1.29 is 173 Å². The number of carbonyl (C=O) groups excluding carboxylic acids is 2. The number of aliphatic hydroxyl groups is 16. The third-order valence-corrected chi connectivity index (χ3v) is 19.9. The van der Waals surface area contributed by atoms with Crippen LogP contribution in [0, 0.1) is 0 Å². The Morgan fingerprint density at radius 2 is 0.511 bits per heavy atom. The Labute approximate surface area is 532 Å². The second-order valence-corrected chi connectivity index (χ2v) is 26.3. The zero-order valence-electron chi connectivity index (χ0n) is 48.6. The Morgan fingerprint density at radius 3 is 0.766 bits per heavy atom. The Balaban J connectivity index is 1.06. The summed E-state index contributed by atoms with van der Waals surface area (Å²) in [5.41, 5.74) is -0.943. The van der Waals surface area contributed by atoms with Gasteiger partial charge in [-0.05, 0) is 24.3 Å². The molecule has 20 bridgehead atoms. The Bertz CT molecular complexity index is 3130. The van der Waals surface area contributed by atoms with Crippen molar-refractivity contribution in [3.63, 3.8) is 0 Å². The number of ether oxygens (including phenoxy) is 12. The van der Waals surface area contributed by atoms with Gasteiger partial charge in [-0.1, -0.05) is 48.5 Å². The van der Waals surface area contributed by atoms with Crippen molar-refractivity contribution in [1.29, 1.82) is 0 Å². The monoisotopic (exact) mass is 1380 g/mol. The van der Waals surface area contributed by atoms with Crippen LogP contribution in [-0.4, -0.2) is 334 Å². The highest BCUT2D eigenvalue weighted by Crippen LogP contribution is 2.40. The Kier molecular flexibility index (Phi) is 21.8. The smallest absolute Gasteiger partial charge is 0.297 e. The average Bonchev–Trinajstić information content (AvgIpc) is 0.772. The van der Waals surface area contributed by atoms with E-state index in [2.05, 4.69) is 0 Å². The molecule has 22 saturated heterocycles. The molecule has 3 unspecified atom stereocenters. The van der Waals surface area contributed by atoms with Gasteiger partial charge >= 0.3 is 0 Å². The SMILES string of the molecule is O=C1c2ccc(cc2)C(=O)c2cccc(c2)S(=O)(=O)O[C@H]2C3OC(CO)C(O[C@H]4O[C@H](CO)[C@@H](O[C@H]5O[C@H](CO)[C@@H](O[C@H]6O[C@H](CO)[C@@H](O[C@H]7O[C@H](CO)[C@@H](O[C@H]8O[C@H](CO)[C@@H](O3)[C@H](O)[C@H]8O)[C@H](O)[C@H]7O)[C@@H](O)[C@H]6OS(=O)(=O)c3cccc1c3)[C@H](O)[C@H]5O)[C@H](O)[C@H]4O)[C@H]2O. The van der Waals surface area contributed by atoms with Crippen LogP contribution in [0.3, 0.4) is 0 Å². The van der Waals surface area contributed by atoms with E-state index in [1.165, 1.54) is 36.4 Å². The van der Waals surface area contributed by atoms with Gasteiger partial charge in [0, 0.05) is 22.3 Å². The van der Waals surface area contributed by atoms with E-state index in [0.717, 1.165) is 36.4 Å². The lowest BCUT2D eigenvalue weighted by Crippen LogP contribution is -2.69. The van der Waals surface area contributed by atoms with Crippen LogP contribution in [0.1, 0.15) is 31.8 Å². The summed E-state index contributed by atoms with van der Waals surface area (Å²) in [4.78, 5) is 26.6. The molecule has 31 heterocycles. The fourth-order valence-electron chi connectivity index (χ4n) is 12.2. The second kappa shape index (κ2) is 28.9. The predicted octanol–water partition coefficient (Wildman–Crippen LogP) is -9.45. The van der Waals surface area contributed by atoms with Crippen molar-refractivity contribution >= 4 is 31.8 Å². The van der Waals surface area contributed by atoms with Crippen LogP contribution in [0.15, 0.2) is 82.6 Å². The van der Waals surface area contributed by atoms with E-state index >= 15 is 0 Å². The molecule has 36 nitrogen and oxygen atoms in total. The number of rotatable bonds is 6. The van der Waals surface area contributed by atoms with Crippen LogP contribution < -0.4 is 0 Å². The molecular weight excluding hydrogens is 1310 g/mol. The maximum Gasteiger partial charge on any atom is 0.297 e. The summed E-state index contributed by atoms with van der Waals surface area (Å²) in [5.74, 6) is -1.71. The molecule has 31 aliphatic heterocycles. The summed E-state index contributed by atoms with van der Waals surface area (Å²) < 4.78 is 140. The number of carbonyl (C=O) groups is 2. The van der Waals surface area contributed by atoms with Gasteiger partial charge in [-0.3, -0.25) is 18.0 Å². The van der Waals surface area contributed by atoms with Gasteiger partial charge in [-0.2, -0.15) is 16.8 Å². The molecule has 34 rings (SSSR count). The first-order valence-corrected chi connectivity index (χ1v) is 32.2.